The molecule has 3 aromatic rings. The second-order valence-electron chi connectivity index (χ2n) is 9.37. The van der Waals surface area contributed by atoms with E-state index in [1.807, 2.05) is 62.4 Å². The maximum absolute atomic E-state index is 13.1. The number of nitrogens with one attached hydrogen (secondary N) is 2. The zero-order chi connectivity index (χ0) is 25.2. The number of fused-ring (bicyclic) bond motifs is 1. The molecule has 0 aliphatic carbocycles. The average molecular weight is 474 g/mol. The van der Waals surface area contributed by atoms with Crippen molar-refractivity contribution in [1.29, 1.82) is 0 Å². The van der Waals surface area contributed by atoms with Gasteiger partial charge in [0.1, 0.15) is 11.2 Å². The van der Waals surface area contributed by atoms with Gasteiger partial charge in [0.05, 0.1) is 6.54 Å². The maximum atomic E-state index is 13.1. The maximum Gasteiger partial charge on any atom is 0.272 e. The van der Waals surface area contributed by atoms with Gasteiger partial charge in [-0.25, -0.2) is 0 Å². The predicted molar refractivity (Wildman–Crippen MR) is 133 cm³/mol. The summed E-state index contributed by atoms with van der Waals surface area (Å²) in [6.07, 6.45) is 0.695. The molecule has 0 bridgehead atoms. The summed E-state index contributed by atoms with van der Waals surface area (Å²) in [5.74, 6) is -0.977. The van der Waals surface area contributed by atoms with Gasteiger partial charge >= 0.3 is 0 Å². The lowest BCUT2D eigenvalue weighted by Gasteiger charge is -2.40. The highest BCUT2D eigenvalue weighted by Crippen LogP contribution is 2.26. The van der Waals surface area contributed by atoms with Gasteiger partial charge in [-0.2, -0.15) is 5.10 Å². The van der Waals surface area contributed by atoms with Gasteiger partial charge in [-0.15, -0.1) is 0 Å². The fourth-order valence-corrected chi connectivity index (χ4v) is 4.08. The Bertz CT molecular complexity index is 1250. The lowest BCUT2D eigenvalue weighted by molar-refractivity contribution is -0.132. The van der Waals surface area contributed by atoms with E-state index in [1.165, 1.54) is 21.2 Å². The first kappa shape index (κ1) is 24.2. The number of hydrogen-bond acceptors (Lipinski definition) is 4. The molecule has 3 amide bonds. The second-order valence-corrected chi connectivity index (χ2v) is 9.37. The fraction of sp³-hybridized carbons (Fsp3) is 0.333. The molecule has 0 radical (unpaired) electrons. The number of carbonyl (C=O) groups excluding carboxylic acids is 3. The standard InChI is InChI=1S/C27H31N5O3/c1-18-5-9-20(10-6-18)13-14-28-24(33)22-15-23-25(34)31(4)27(3,17-32(23)30-22)26(35)29-16-21-11-7-19(2)8-12-21/h5-12,15H,13-14,16-17H2,1-4H3,(H,28,33)(H,29,35)/t27-/m0/s1. The van der Waals surface area contributed by atoms with E-state index in [1.54, 1.807) is 14.0 Å². The Morgan fingerprint density at radius 1 is 0.971 bits per heavy atom. The van der Waals surface area contributed by atoms with Gasteiger partial charge in [0, 0.05) is 26.2 Å². The zero-order valence-corrected chi connectivity index (χ0v) is 20.6. The first-order valence-electron chi connectivity index (χ1n) is 11.7. The van der Waals surface area contributed by atoms with Crippen molar-refractivity contribution in [2.45, 2.75) is 45.8 Å². The smallest absolute Gasteiger partial charge is 0.272 e. The van der Waals surface area contributed by atoms with E-state index >= 15 is 0 Å². The van der Waals surface area contributed by atoms with Crippen molar-refractivity contribution in [2.75, 3.05) is 13.6 Å². The lowest BCUT2D eigenvalue weighted by Crippen LogP contribution is -2.62. The Kier molecular flexibility index (Phi) is 6.73. The number of rotatable bonds is 7. The molecule has 4 rings (SSSR count). The Balaban J connectivity index is 1.41. The van der Waals surface area contributed by atoms with E-state index in [2.05, 4.69) is 15.7 Å². The number of benzene rings is 2. The normalized spacial score (nSPS) is 17.1. The van der Waals surface area contributed by atoms with Crippen molar-refractivity contribution in [3.63, 3.8) is 0 Å². The summed E-state index contributed by atoms with van der Waals surface area (Å²) in [7, 11) is 1.60. The molecule has 182 valence electrons. The Labute approximate surface area is 205 Å². The molecule has 0 unspecified atom stereocenters. The molecular formula is C27H31N5O3. The predicted octanol–water partition coefficient (Wildman–Crippen LogP) is 2.63. The summed E-state index contributed by atoms with van der Waals surface area (Å²) in [5, 5.41) is 10.2. The van der Waals surface area contributed by atoms with Crippen molar-refractivity contribution in [3.05, 3.63) is 88.2 Å². The van der Waals surface area contributed by atoms with Crippen LogP contribution in [0.1, 0.15) is 50.2 Å². The minimum Gasteiger partial charge on any atom is -0.350 e. The molecule has 0 fully saturated rings. The van der Waals surface area contributed by atoms with Crippen molar-refractivity contribution in [3.8, 4) is 0 Å². The van der Waals surface area contributed by atoms with E-state index < -0.39 is 5.54 Å². The monoisotopic (exact) mass is 473 g/mol. The van der Waals surface area contributed by atoms with Gasteiger partial charge in [0.2, 0.25) is 5.91 Å². The summed E-state index contributed by atoms with van der Waals surface area (Å²) < 4.78 is 1.46. The molecular weight excluding hydrogens is 442 g/mol. The van der Waals surface area contributed by atoms with Crippen LogP contribution in [0.4, 0.5) is 0 Å². The van der Waals surface area contributed by atoms with Gasteiger partial charge in [0.25, 0.3) is 11.8 Å². The van der Waals surface area contributed by atoms with E-state index in [0.29, 0.717) is 25.2 Å². The lowest BCUT2D eigenvalue weighted by atomic mass is 9.95. The molecule has 1 atom stereocenters. The van der Waals surface area contributed by atoms with Crippen LogP contribution < -0.4 is 10.6 Å². The zero-order valence-electron chi connectivity index (χ0n) is 20.6. The van der Waals surface area contributed by atoms with Crippen LogP contribution in [0.25, 0.3) is 0 Å². The van der Waals surface area contributed by atoms with Crippen LogP contribution in [0.15, 0.2) is 54.6 Å². The molecule has 0 spiro atoms. The number of aryl methyl sites for hydroxylation is 2. The third-order valence-electron chi connectivity index (χ3n) is 6.62. The van der Waals surface area contributed by atoms with Crippen LogP contribution in [0.3, 0.4) is 0 Å². The fourth-order valence-electron chi connectivity index (χ4n) is 4.08. The van der Waals surface area contributed by atoms with Crippen LogP contribution in [0.2, 0.25) is 0 Å². The molecule has 1 aliphatic rings. The van der Waals surface area contributed by atoms with Crippen LogP contribution in [0.5, 0.6) is 0 Å². The summed E-state index contributed by atoms with van der Waals surface area (Å²) in [5.41, 5.74) is 3.75. The number of carbonyl (C=O) groups is 3. The van der Waals surface area contributed by atoms with Crippen molar-refractivity contribution >= 4 is 17.7 Å². The molecule has 2 aromatic carbocycles. The van der Waals surface area contributed by atoms with Crippen LogP contribution in [0, 0.1) is 13.8 Å². The van der Waals surface area contributed by atoms with E-state index in [-0.39, 0.29) is 30.0 Å². The summed E-state index contributed by atoms with van der Waals surface area (Å²) in [4.78, 5) is 40.3. The topological polar surface area (TPSA) is 96.3 Å². The second kappa shape index (κ2) is 9.74. The number of amides is 3. The van der Waals surface area contributed by atoms with Crippen LogP contribution >= 0.6 is 0 Å². The largest absolute Gasteiger partial charge is 0.350 e. The van der Waals surface area contributed by atoms with Gasteiger partial charge in [-0.3, -0.25) is 19.1 Å². The average Bonchev–Trinajstić information content (AvgIpc) is 3.27. The highest BCUT2D eigenvalue weighted by atomic mass is 16.2. The Morgan fingerprint density at radius 3 is 2.20 bits per heavy atom. The number of aromatic nitrogens is 2. The van der Waals surface area contributed by atoms with Crippen LogP contribution in [-0.4, -0.2) is 51.5 Å². The van der Waals surface area contributed by atoms with Gasteiger partial charge < -0.3 is 15.5 Å². The molecule has 0 saturated carbocycles. The van der Waals surface area contributed by atoms with Gasteiger partial charge in [-0.1, -0.05) is 59.7 Å². The Morgan fingerprint density at radius 2 is 1.57 bits per heavy atom. The third-order valence-corrected chi connectivity index (χ3v) is 6.62. The van der Waals surface area contributed by atoms with E-state index in [4.69, 9.17) is 0 Å². The molecule has 35 heavy (non-hydrogen) atoms. The summed E-state index contributed by atoms with van der Waals surface area (Å²) in [6.45, 7) is 6.71. The highest BCUT2D eigenvalue weighted by molar-refractivity contribution is 6.01. The third kappa shape index (κ3) is 5.11. The number of nitrogens with zero attached hydrogens (tertiary/aromatic N) is 3. The SMILES string of the molecule is Cc1ccc(CCNC(=O)c2cc3n(n2)C[C@@](C)(C(=O)NCc2ccc(C)cc2)N(C)C3=O)cc1. The minimum absolute atomic E-state index is 0.154. The molecule has 2 heterocycles. The Hall–Kier alpha value is -3.94. The quantitative estimate of drug-likeness (QED) is 0.551. The minimum atomic E-state index is -1.14. The van der Waals surface area contributed by atoms with E-state index in [9.17, 15) is 14.4 Å². The molecule has 1 aliphatic heterocycles. The molecule has 2 N–H and O–H groups in total. The van der Waals surface area contributed by atoms with Crippen LogP contribution in [-0.2, 0) is 24.3 Å². The molecule has 0 saturated heterocycles. The van der Waals surface area contributed by atoms with Crippen molar-refractivity contribution in [2.24, 2.45) is 0 Å². The summed E-state index contributed by atoms with van der Waals surface area (Å²) >= 11 is 0. The van der Waals surface area contributed by atoms with Crippen molar-refractivity contribution < 1.29 is 14.4 Å². The number of likely N-dealkylation sites (N-methyl/N-ethyl adjacent to an activating group) is 1. The molecule has 8 heteroatoms. The van der Waals surface area contributed by atoms with Crippen molar-refractivity contribution in [1.82, 2.24) is 25.3 Å². The first-order valence-corrected chi connectivity index (χ1v) is 11.7. The summed E-state index contributed by atoms with van der Waals surface area (Å²) in [6, 6.07) is 17.5. The highest BCUT2D eigenvalue weighted by Gasteiger charge is 2.46. The number of hydrogen-bond donors (Lipinski definition) is 2. The van der Waals surface area contributed by atoms with Gasteiger partial charge in [0.15, 0.2) is 5.69 Å². The van der Waals surface area contributed by atoms with E-state index in [0.717, 1.165) is 16.7 Å². The van der Waals surface area contributed by atoms with Gasteiger partial charge in [-0.05, 0) is 38.3 Å². The first-order chi connectivity index (χ1) is 16.7. The molecule has 8 nitrogen and oxygen atoms in total. The molecule has 1 aromatic heterocycles.